The predicted octanol–water partition coefficient (Wildman–Crippen LogP) is 6.21. The zero-order valence-corrected chi connectivity index (χ0v) is 18.8. The highest BCUT2D eigenvalue weighted by Gasteiger charge is 2.37. The summed E-state index contributed by atoms with van der Waals surface area (Å²) in [7, 11) is 0. The number of nitrogens with one attached hydrogen (secondary N) is 2. The predicted molar refractivity (Wildman–Crippen MR) is 119 cm³/mol. The van der Waals surface area contributed by atoms with Crippen molar-refractivity contribution in [3.05, 3.63) is 75.1 Å². The van der Waals surface area contributed by atoms with Gasteiger partial charge in [0.15, 0.2) is 11.5 Å². The van der Waals surface area contributed by atoms with Crippen molar-refractivity contribution >= 4 is 46.6 Å². The number of benzene rings is 2. The summed E-state index contributed by atoms with van der Waals surface area (Å²) in [6.45, 7) is 2.89. The van der Waals surface area contributed by atoms with Gasteiger partial charge in [-0.3, -0.25) is 10.1 Å². The lowest BCUT2D eigenvalue weighted by atomic mass is 10.2. The molecule has 0 radical (unpaired) electrons. The Kier molecular flexibility index (Phi) is 7.28. The first-order valence-corrected chi connectivity index (χ1v) is 10.3. The van der Waals surface area contributed by atoms with Crippen molar-refractivity contribution in [1.29, 1.82) is 0 Å². The van der Waals surface area contributed by atoms with Crippen LogP contribution < -0.4 is 10.6 Å². The molecule has 1 amide bonds. The van der Waals surface area contributed by atoms with Gasteiger partial charge in [0.1, 0.15) is 5.82 Å². The highest BCUT2D eigenvalue weighted by molar-refractivity contribution is 6.31. The van der Waals surface area contributed by atoms with Crippen molar-refractivity contribution in [2.75, 3.05) is 5.32 Å². The van der Waals surface area contributed by atoms with Gasteiger partial charge in [0.2, 0.25) is 5.96 Å². The molecule has 6 nitrogen and oxygen atoms in total. The second kappa shape index (κ2) is 9.80. The van der Waals surface area contributed by atoms with Crippen LogP contribution in [-0.4, -0.2) is 21.6 Å². The van der Waals surface area contributed by atoms with Crippen LogP contribution in [0.3, 0.4) is 0 Å². The van der Waals surface area contributed by atoms with Crippen LogP contribution in [0.2, 0.25) is 10.0 Å². The first-order chi connectivity index (χ1) is 15.5. The molecular weight excluding hydrogens is 485 g/mol. The maximum Gasteiger partial charge on any atom is 0.435 e. The van der Waals surface area contributed by atoms with Gasteiger partial charge in [-0.2, -0.15) is 23.3 Å². The number of aryl methyl sites for hydroxylation is 1. The van der Waals surface area contributed by atoms with Crippen molar-refractivity contribution in [1.82, 2.24) is 15.1 Å². The lowest BCUT2D eigenvalue weighted by Gasteiger charge is -2.13. The number of hydrogen-bond donors (Lipinski definition) is 2. The molecule has 3 aromatic rings. The Morgan fingerprint density at radius 1 is 1.15 bits per heavy atom. The summed E-state index contributed by atoms with van der Waals surface area (Å²) in [5.41, 5.74) is -1.05. The number of nitrogens with zero attached hydrogens (tertiary/aromatic N) is 3. The van der Waals surface area contributed by atoms with E-state index in [1.165, 1.54) is 25.1 Å². The first-order valence-electron chi connectivity index (χ1n) is 9.51. The van der Waals surface area contributed by atoms with Gasteiger partial charge in [-0.25, -0.2) is 9.07 Å². The van der Waals surface area contributed by atoms with Crippen molar-refractivity contribution in [3.8, 4) is 0 Å². The molecule has 2 aromatic carbocycles. The number of rotatable bonds is 4. The molecule has 0 fully saturated rings. The molecule has 12 heteroatoms. The highest BCUT2D eigenvalue weighted by atomic mass is 35.5. The summed E-state index contributed by atoms with van der Waals surface area (Å²) in [5, 5.41) is 9.12. The standard InChI is InChI=1S/C21H17Cl2F4N5O/c1-3-32-18(11(2)17(31-32)21(25,26)27)29-20(28-16-9-14(23)8-15(24)10-16)30-19(33)12-5-4-6-13(22)7-12/h4-10H,3H2,1-2H3,(H2,28,29,30,33). The van der Waals surface area contributed by atoms with Crippen LogP contribution in [0.1, 0.15) is 28.5 Å². The molecule has 0 saturated carbocycles. The Morgan fingerprint density at radius 3 is 2.48 bits per heavy atom. The summed E-state index contributed by atoms with van der Waals surface area (Å²) in [5.74, 6) is -1.73. The maximum absolute atomic E-state index is 13.8. The summed E-state index contributed by atoms with van der Waals surface area (Å²) in [4.78, 5) is 16.9. The third-order valence-corrected chi connectivity index (χ3v) is 4.84. The highest BCUT2D eigenvalue weighted by Crippen LogP contribution is 2.35. The lowest BCUT2D eigenvalue weighted by molar-refractivity contribution is -0.141. The number of guanidine groups is 1. The van der Waals surface area contributed by atoms with Gasteiger partial charge < -0.3 is 5.32 Å². The summed E-state index contributed by atoms with van der Waals surface area (Å²) in [6.07, 6.45) is -4.69. The number of aromatic nitrogens is 2. The third-order valence-electron chi connectivity index (χ3n) is 4.39. The van der Waals surface area contributed by atoms with E-state index in [1.54, 1.807) is 19.1 Å². The molecule has 0 bridgehead atoms. The molecule has 1 aromatic heterocycles. The largest absolute Gasteiger partial charge is 0.435 e. The molecule has 0 aliphatic rings. The molecule has 33 heavy (non-hydrogen) atoms. The van der Waals surface area contributed by atoms with Crippen LogP contribution in [-0.2, 0) is 12.7 Å². The van der Waals surface area contributed by atoms with E-state index in [-0.39, 0.29) is 40.2 Å². The summed E-state index contributed by atoms with van der Waals surface area (Å²) in [6, 6.07) is 9.52. The molecule has 174 valence electrons. The zero-order chi connectivity index (χ0) is 24.3. The van der Waals surface area contributed by atoms with E-state index in [9.17, 15) is 22.4 Å². The number of carbonyl (C=O) groups excluding carboxylic acids is 1. The molecule has 0 atom stereocenters. The second-order valence-corrected chi connectivity index (χ2v) is 7.69. The number of halogens is 6. The van der Waals surface area contributed by atoms with Gasteiger partial charge >= 0.3 is 6.18 Å². The number of aliphatic imine (C=N–C) groups is 1. The molecule has 0 saturated heterocycles. The molecule has 0 aliphatic heterocycles. The van der Waals surface area contributed by atoms with Crippen LogP contribution in [0.5, 0.6) is 0 Å². The molecule has 0 unspecified atom stereocenters. The number of hydrogen-bond acceptors (Lipinski definition) is 3. The molecule has 1 heterocycles. The van der Waals surface area contributed by atoms with Crippen molar-refractivity contribution in [2.24, 2.45) is 4.99 Å². The van der Waals surface area contributed by atoms with Gasteiger partial charge in [0, 0.05) is 33.4 Å². The Morgan fingerprint density at radius 2 is 1.88 bits per heavy atom. The molecule has 0 spiro atoms. The van der Waals surface area contributed by atoms with E-state index < -0.39 is 23.6 Å². The third kappa shape index (κ3) is 6.02. The average Bonchev–Trinajstić information content (AvgIpc) is 3.03. The van der Waals surface area contributed by atoms with E-state index in [2.05, 4.69) is 20.7 Å². The van der Waals surface area contributed by atoms with Crippen LogP contribution in [0.25, 0.3) is 0 Å². The first kappa shape index (κ1) is 24.5. The van der Waals surface area contributed by atoms with Crippen LogP contribution in [0.15, 0.2) is 47.5 Å². The molecule has 0 aliphatic carbocycles. The van der Waals surface area contributed by atoms with Gasteiger partial charge in [-0.05, 0) is 50.2 Å². The zero-order valence-electron chi connectivity index (χ0n) is 17.3. The molecular formula is C21H17Cl2F4N5O. The maximum atomic E-state index is 13.8. The van der Waals surface area contributed by atoms with E-state index in [0.29, 0.717) is 5.02 Å². The Labute approximate surface area is 196 Å². The number of alkyl halides is 3. The van der Waals surface area contributed by atoms with Crippen molar-refractivity contribution < 1.29 is 22.4 Å². The molecule has 2 N–H and O–H groups in total. The fourth-order valence-corrected chi connectivity index (χ4v) is 3.35. The van der Waals surface area contributed by atoms with E-state index in [4.69, 9.17) is 23.2 Å². The summed E-state index contributed by atoms with van der Waals surface area (Å²) >= 11 is 11.8. The minimum atomic E-state index is -4.69. The van der Waals surface area contributed by atoms with Gasteiger partial charge in [0.25, 0.3) is 5.91 Å². The van der Waals surface area contributed by atoms with Crippen LogP contribution in [0.4, 0.5) is 29.1 Å². The SMILES string of the molecule is CCn1nc(C(F)(F)F)c(C)c1N=C(NC(=O)c1cccc(Cl)c1)Nc1cc(F)cc(Cl)c1. The average molecular weight is 502 g/mol. The van der Waals surface area contributed by atoms with Crippen LogP contribution >= 0.6 is 23.2 Å². The fourth-order valence-electron chi connectivity index (χ4n) is 2.94. The van der Waals surface area contributed by atoms with E-state index >= 15 is 0 Å². The smallest absolute Gasteiger partial charge is 0.325 e. The van der Waals surface area contributed by atoms with Crippen molar-refractivity contribution in [2.45, 2.75) is 26.6 Å². The normalized spacial score (nSPS) is 12.1. The Balaban J connectivity index is 2.07. The lowest BCUT2D eigenvalue weighted by Crippen LogP contribution is -2.36. The summed E-state index contributed by atoms with van der Waals surface area (Å²) < 4.78 is 54.9. The second-order valence-electron chi connectivity index (χ2n) is 6.82. The topological polar surface area (TPSA) is 71.3 Å². The monoisotopic (exact) mass is 501 g/mol. The van der Waals surface area contributed by atoms with Gasteiger partial charge in [-0.1, -0.05) is 29.3 Å². The minimum absolute atomic E-state index is 0.0622. The van der Waals surface area contributed by atoms with Crippen LogP contribution in [0, 0.1) is 12.7 Å². The minimum Gasteiger partial charge on any atom is -0.325 e. The quantitative estimate of drug-likeness (QED) is 0.253. The van der Waals surface area contributed by atoms with Crippen molar-refractivity contribution in [3.63, 3.8) is 0 Å². The van der Waals surface area contributed by atoms with Gasteiger partial charge in [0.05, 0.1) is 0 Å². The Hall–Kier alpha value is -3.11. The number of amides is 1. The molecule has 3 rings (SSSR count). The van der Waals surface area contributed by atoms with E-state index in [0.717, 1.165) is 16.8 Å². The Bertz CT molecular complexity index is 1200. The van der Waals surface area contributed by atoms with Gasteiger partial charge in [-0.15, -0.1) is 0 Å². The fraction of sp³-hybridized carbons (Fsp3) is 0.190. The number of anilines is 1. The number of carbonyl (C=O) groups is 1. The van der Waals surface area contributed by atoms with E-state index in [1.807, 2.05) is 0 Å².